The lowest BCUT2D eigenvalue weighted by Gasteiger charge is -2.59. The second kappa shape index (κ2) is 7.95. The van der Waals surface area contributed by atoms with Gasteiger partial charge in [-0.3, -0.25) is 14.7 Å². The number of methoxy groups -OCH3 is 1. The molecule has 1 aliphatic heterocycles. The zero-order valence-electron chi connectivity index (χ0n) is 17.7. The van der Waals surface area contributed by atoms with Crippen LogP contribution in [0.2, 0.25) is 0 Å². The zero-order valence-corrected chi connectivity index (χ0v) is 17.7. The summed E-state index contributed by atoms with van der Waals surface area (Å²) in [5.74, 6) is 1.16. The highest BCUT2D eigenvalue weighted by Crippen LogP contribution is 2.51. The lowest BCUT2D eigenvalue weighted by molar-refractivity contribution is -0.177. The number of hydrogen-bond acceptors (Lipinski definition) is 4. The largest absolute Gasteiger partial charge is 0.378 e. The Morgan fingerprint density at radius 1 is 1.15 bits per heavy atom. The van der Waals surface area contributed by atoms with Crippen LogP contribution in [0.5, 0.6) is 0 Å². The summed E-state index contributed by atoms with van der Waals surface area (Å²) in [6.07, 6.45) is 3.27. The first kappa shape index (κ1) is 20.4. The fourth-order valence-electron chi connectivity index (χ4n) is 4.09. The van der Waals surface area contributed by atoms with E-state index in [0.717, 1.165) is 57.9 Å². The van der Waals surface area contributed by atoms with Crippen molar-refractivity contribution < 1.29 is 9.53 Å². The van der Waals surface area contributed by atoms with Crippen LogP contribution in [0.1, 0.15) is 47.0 Å². The van der Waals surface area contributed by atoms with Crippen molar-refractivity contribution >= 4 is 11.9 Å². The summed E-state index contributed by atoms with van der Waals surface area (Å²) in [7, 11) is 1.80. The molecular weight excluding hydrogens is 342 g/mol. The quantitative estimate of drug-likeness (QED) is 0.533. The van der Waals surface area contributed by atoms with Gasteiger partial charge in [-0.25, -0.2) is 0 Å². The number of aliphatic imine (C=N–C) groups is 1. The molecule has 3 aliphatic rings. The Labute approximate surface area is 163 Å². The number of carbonyl (C=O) groups excluding carboxylic acids is 1. The molecule has 7 nitrogen and oxygen atoms in total. The van der Waals surface area contributed by atoms with Crippen LogP contribution in [-0.2, 0) is 9.53 Å². The van der Waals surface area contributed by atoms with Gasteiger partial charge in [0.15, 0.2) is 5.96 Å². The number of carbonyl (C=O) groups is 1. The predicted molar refractivity (Wildman–Crippen MR) is 108 cm³/mol. The Bertz CT molecular complexity index is 567. The minimum atomic E-state index is -0.0877. The van der Waals surface area contributed by atoms with Crippen LogP contribution in [0.3, 0.4) is 0 Å². The monoisotopic (exact) mass is 379 g/mol. The molecule has 7 heteroatoms. The number of guanidine groups is 1. The Balaban J connectivity index is 1.50. The number of ether oxygens (including phenoxy) is 1. The highest BCUT2D eigenvalue weighted by Gasteiger charge is 2.58. The summed E-state index contributed by atoms with van der Waals surface area (Å²) in [6.45, 7) is 13.7. The molecule has 27 heavy (non-hydrogen) atoms. The van der Waals surface area contributed by atoms with Crippen LogP contribution in [0, 0.1) is 5.41 Å². The smallest absolute Gasteiger partial charge is 0.234 e. The van der Waals surface area contributed by atoms with Gasteiger partial charge in [-0.2, -0.15) is 0 Å². The van der Waals surface area contributed by atoms with Crippen molar-refractivity contribution in [3.8, 4) is 0 Å². The summed E-state index contributed by atoms with van der Waals surface area (Å²) in [5.41, 5.74) is -0.0331. The van der Waals surface area contributed by atoms with E-state index in [2.05, 4.69) is 48.1 Å². The van der Waals surface area contributed by atoms with Crippen LogP contribution in [-0.4, -0.2) is 85.7 Å². The van der Waals surface area contributed by atoms with Crippen molar-refractivity contribution in [2.24, 2.45) is 10.4 Å². The SMILES string of the molecule is CCN=C(NC1CC(C)(OC)C1(C)C)N1CCN(CC(=O)NC2CC2)CC1. The van der Waals surface area contributed by atoms with Crippen molar-refractivity contribution in [1.29, 1.82) is 0 Å². The van der Waals surface area contributed by atoms with Gasteiger partial charge >= 0.3 is 0 Å². The van der Waals surface area contributed by atoms with Gasteiger partial charge in [0.25, 0.3) is 0 Å². The van der Waals surface area contributed by atoms with Crippen LogP contribution in [0.25, 0.3) is 0 Å². The number of rotatable bonds is 6. The molecule has 2 aliphatic carbocycles. The summed E-state index contributed by atoms with van der Waals surface area (Å²) in [5, 5.41) is 6.77. The molecule has 0 aromatic rings. The molecule has 0 spiro atoms. The third-order valence-electron chi connectivity index (χ3n) is 6.87. The van der Waals surface area contributed by atoms with Crippen LogP contribution in [0.15, 0.2) is 4.99 Å². The number of amides is 1. The molecule has 3 fully saturated rings. The first-order chi connectivity index (χ1) is 12.8. The van der Waals surface area contributed by atoms with Gasteiger partial charge in [0.05, 0.1) is 12.1 Å². The molecule has 3 rings (SSSR count). The molecular formula is C20H37N5O2. The fourth-order valence-corrected chi connectivity index (χ4v) is 4.09. The molecule has 2 saturated carbocycles. The normalized spacial score (nSPS) is 31.4. The minimum absolute atomic E-state index is 0.0545. The average Bonchev–Trinajstić information content (AvgIpc) is 3.45. The van der Waals surface area contributed by atoms with E-state index in [9.17, 15) is 4.79 Å². The van der Waals surface area contributed by atoms with E-state index in [0.29, 0.717) is 18.6 Å². The Morgan fingerprint density at radius 2 is 1.81 bits per heavy atom. The maximum absolute atomic E-state index is 12.0. The molecule has 0 aromatic heterocycles. The van der Waals surface area contributed by atoms with Gasteiger partial charge in [-0.1, -0.05) is 13.8 Å². The van der Waals surface area contributed by atoms with E-state index in [1.807, 2.05) is 0 Å². The van der Waals surface area contributed by atoms with Gasteiger partial charge in [0.2, 0.25) is 5.91 Å². The predicted octanol–water partition coefficient (Wildman–Crippen LogP) is 1.05. The second-order valence-corrected chi connectivity index (χ2v) is 8.96. The van der Waals surface area contributed by atoms with E-state index in [4.69, 9.17) is 9.73 Å². The molecule has 2 unspecified atom stereocenters. The van der Waals surface area contributed by atoms with Crippen molar-refractivity contribution in [2.45, 2.75) is 64.6 Å². The summed E-state index contributed by atoms with van der Waals surface area (Å²) < 4.78 is 5.75. The van der Waals surface area contributed by atoms with Crippen LogP contribution in [0.4, 0.5) is 0 Å². The van der Waals surface area contributed by atoms with E-state index < -0.39 is 0 Å². The van der Waals surface area contributed by atoms with Gasteiger partial charge in [-0.05, 0) is 33.1 Å². The highest BCUT2D eigenvalue weighted by atomic mass is 16.5. The molecule has 154 valence electrons. The van der Waals surface area contributed by atoms with Crippen LogP contribution >= 0.6 is 0 Å². The van der Waals surface area contributed by atoms with E-state index in [-0.39, 0.29) is 16.9 Å². The standard InChI is InChI=1S/C20H37N5O2/c1-6-21-18(23-16-13-20(4,27-5)19(16,2)3)25-11-9-24(10-12-25)14-17(26)22-15-7-8-15/h15-16H,6-14H2,1-5H3,(H,21,23)(H,22,26). The van der Waals surface area contributed by atoms with Gasteiger partial charge in [0, 0.05) is 57.3 Å². The van der Waals surface area contributed by atoms with Crippen molar-refractivity contribution in [3.05, 3.63) is 0 Å². The lowest BCUT2D eigenvalue weighted by atomic mass is 9.56. The number of nitrogens with one attached hydrogen (secondary N) is 2. The highest BCUT2D eigenvalue weighted by molar-refractivity contribution is 5.81. The second-order valence-electron chi connectivity index (χ2n) is 8.96. The number of piperazine rings is 1. The number of nitrogens with zero attached hydrogens (tertiary/aromatic N) is 3. The summed E-state index contributed by atoms with van der Waals surface area (Å²) >= 11 is 0. The fraction of sp³-hybridized carbons (Fsp3) is 0.900. The Hall–Kier alpha value is -1.34. The molecule has 1 heterocycles. The Kier molecular flexibility index (Phi) is 6.01. The van der Waals surface area contributed by atoms with Crippen molar-refractivity contribution in [1.82, 2.24) is 20.4 Å². The molecule has 2 atom stereocenters. The molecule has 2 N–H and O–H groups in total. The zero-order chi connectivity index (χ0) is 19.7. The van der Waals surface area contributed by atoms with Gasteiger partial charge < -0.3 is 20.3 Å². The molecule has 0 radical (unpaired) electrons. The average molecular weight is 380 g/mol. The third-order valence-corrected chi connectivity index (χ3v) is 6.87. The summed E-state index contributed by atoms with van der Waals surface area (Å²) in [6, 6.07) is 0.796. The van der Waals surface area contributed by atoms with Crippen LogP contribution < -0.4 is 10.6 Å². The maximum Gasteiger partial charge on any atom is 0.234 e. The van der Waals surface area contributed by atoms with E-state index in [1.54, 1.807) is 7.11 Å². The summed E-state index contributed by atoms with van der Waals surface area (Å²) in [4.78, 5) is 21.3. The molecule has 0 aromatic carbocycles. The third kappa shape index (κ3) is 4.40. The molecule has 1 amide bonds. The first-order valence-corrected chi connectivity index (χ1v) is 10.4. The first-order valence-electron chi connectivity index (χ1n) is 10.4. The van der Waals surface area contributed by atoms with Gasteiger partial charge in [-0.15, -0.1) is 0 Å². The molecule has 1 saturated heterocycles. The van der Waals surface area contributed by atoms with E-state index in [1.165, 1.54) is 0 Å². The Morgan fingerprint density at radius 3 is 2.33 bits per heavy atom. The topological polar surface area (TPSA) is 69.2 Å². The lowest BCUT2D eigenvalue weighted by Crippen LogP contribution is -2.70. The minimum Gasteiger partial charge on any atom is -0.378 e. The maximum atomic E-state index is 12.0. The van der Waals surface area contributed by atoms with Crippen molar-refractivity contribution in [3.63, 3.8) is 0 Å². The molecule has 0 bridgehead atoms. The van der Waals surface area contributed by atoms with Gasteiger partial charge in [0.1, 0.15) is 0 Å². The number of hydrogen-bond donors (Lipinski definition) is 2. The van der Waals surface area contributed by atoms with Crippen molar-refractivity contribution in [2.75, 3.05) is 46.4 Å². The van der Waals surface area contributed by atoms with E-state index >= 15 is 0 Å².